The molecule has 20 heavy (non-hydrogen) atoms. The van der Waals surface area contributed by atoms with Crippen molar-refractivity contribution in [3.05, 3.63) is 30.3 Å². The first-order valence-corrected chi connectivity index (χ1v) is 6.74. The Labute approximate surface area is 118 Å². The van der Waals surface area contributed by atoms with Crippen LogP contribution in [0.3, 0.4) is 0 Å². The molecule has 1 aliphatic heterocycles. The fourth-order valence-corrected chi connectivity index (χ4v) is 2.32. The van der Waals surface area contributed by atoms with Gasteiger partial charge in [0.2, 0.25) is 0 Å². The number of methoxy groups -OCH3 is 1. The van der Waals surface area contributed by atoms with E-state index in [-0.39, 0.29) is 24.4 Å². The van der Waals surface area contributed by atoms with E-state index in [1.807, 2.05) is 18.2 Å². The van der Waals surface area contributed by atoms with Crippen molar-refractivity contribution < 1.29 is 19.1 Å². The third-order valence-corrected chi connectivity index (χ3v) is 3.41. The zero-order chi connectivity index (χ0) is 14.4. The first-order chi connectivity index (χ1) is 9.70. The van der Waals surface area contributed by atoms with Gasteiger partial charge in [0.25, 0.3) is 5.91 Å². The molecule has 1 amide bonds. The Bertz CT molecular complexity index is 460. The van der Waals surface area contributed by atoms with Crippen molar-refractivity contribution in [2.75, 3.05) is 26.8 Å². The lowest BCUT2D eigenvalue weighted by molar-refractivity contribution is -0.149. The van der Waals surface area contributed by atoms with Crippen molar-refractivity contribution in [3.63, 3.8) is 0 Å². The molecular weight excluding hydrogens is 258 g/mol. The highest BCUT2D eigenvalue weighted by Crippen LogP contribution is 2.18. The Balaban J connectivity index is 1.84. The van der Waals surface area contributed by atoms with Gasteiger partial charge in [-0.2, -0.15) is 0 Å². The van der Waals surface area contributed by atoms with Crippen LogP contribution in [0.2, 0.25) is 0 Å². The van der Waals surface area contributed by atoms with Gasteiger partial charge in [-0.25, -0.2) is 0 Å². The van der Waals surface area contributed by atoms with Gasteiger partial charge in [-0.05, 0) is 25.0 Å². The normalized spacial score (nSPS) is 18.4. The van der Waals surface area contributed by atoms with Gasteiger partial charge in [0.05, 0.1) is 13.0 Å². The van der Waals surface area contributed by atoms with Crippen LogP contribution in [0.4, 0.5) is 0 Å². The molecule has 1 atom stereocenters. The number of hydrogen-bond acceptors (Lipinski definition) is 4. The van der Waals surface area contributed by atoms with Crippen LogP contribution in [0.1, 0.15) is 12.8 Å². The summed E-state index contributed by atoms with van der Waals surface area (Å²) in [7, 11) is 1.38. The molecule has 1 fully saturated rings. The van der Waals surface area contributed by atoms with Crippen molar-refractivity contribution >= 4 is 11.9 Å². The Hall–Kier alpha value is -2.04. The molecule has 1 saturated heterocycles. The van der Waals surface area contributed by atoms with Crippen LogP contribution in [0.15, 0.2) is 30.3 Å². The van der Waals surface area contributed by atoms with E-state index < -0.39 is 0 Å². The third-order valence-electron chi connectivity index (χ3n) is 3.41. The lowest BCUT2D eigenvalue weighted by Crippen LogP contribution is -2.44. The minimum atomic E-state index is -0.244. The van der Waals surface area contributed by atoms with Gasteiger partial charge < -0.3 is 14.4 Å². The highest BCUT2D eigenvalue weighted by Gasteiger charge is 2.29. The molecule has 1 aromatic rings. The van der Waals surface area contributed by atoms with Crippen LogP contribution < -0.4 is 4.74 Å². The Morgan fingerprint density at radius 2 is 2.05 bits per heavy atom. The Morgan fingerprint density at radius 1 is 1.30 bits per heavy atom. The summed E-state index contributed by atoms with van der Waals surface area (Å²) in [6, 6.07) is 9.21. The third kappa shape index (κ3) is 3.73. The molecule has 1 aliphatic rings. The average Bonchev–Trinajstić information content (AvgIpc) is 2.53. The molecule has 2 rings (SSSR count). The van der Waals surface area contributed by atoms with Gasteiger partial charge in [-0.1, -0.05) is 18.2 Å². The van der Waals surface area contributed by atoms with Gasteiger partial charge in [-0.15, -0.1) is 0 Å². The number of carbonyl (C=O) groups is 2. The smallest absolute Gasteiger partial charge is 0.310 e. The monoisotopic (exact) mass is 277 g/mol. The number of ether oxygens (including phenoxy) is 2. The number of para-hydroxylation sites is 1. The van der Waals surface area contributed by atoms with E-state index in [9.17, 15) is 9.59 Å². The van der Waals surface area contributed by atoms with E-state index in [0.717, 1.165) is 12.8 Å². The van der Waals surface area contributed by atoms with E-state index in [4.69, 9.17) is 9.47 Å². The average molecular weight is 277 g/mol. The Kier molecular flexibility index (Phi) is 4.98. The summed E-state index contributed by atoms with van der Waals surface area (Å²) >= 11 is 0. The van der Waals surface area contributed by atoms with Crippen LogP contribution in [0.5, 0.6) is 5.75 Å². The van der Waals surface area contributed by atoms with E-state index in [2.05, 4.69) is 0 Å². The number of esters is 1. The molecule has 0 saturated carbocycles. The SMILES string of the molecule is COC(=O)C1CCCN(C(=O)COc2ccccc2)C1. The summed E-state index contributed by atoms with van der Waals surface area (Å²) < 4.78 is 10.2. The fourth-order valence-electron chi connectivity index (χ4n) is 2.32. The number of hydrogen-bond donors (Lipinski definition) is 0. The zero-order valence-corrected chi connectivity index (χ0v) is 11.6. The van der Waals surface area contributed by atoms with Crippen LogP contribution in [-0.2, 0) is 14.3 Å². The molecule has 0 N–H and O–H groups in total. The predicted octanol–water partition coefficient (Wildman–Crippen LogP) is 1.48. The summed E-state index contributed by atoms with van der Waals surface area (Å²) in [5.41, 5.74) is 0. The molecular formula is C15H19NO4. The fraction of sp³-hybridized carbons (Fsp3) is 0.467. The standard InChI is InChI=1S/C15H19NO4/c1-19-15(18)12-6-5-9-16(10-12)14(17)11-20-13-7-3-2-4-8-13/h2-4,7-8,12H,5-6,9-11H2,1H3. The number of benzene rings is 1. The maximum absolute atomic E-state index is 12.1. The molecule has 0 aliphatic carbocycles. The second kappa shape index (κ2) is 6.93. The van der Waals surface area contributed by atoms with Gasteiger partial charge in [0, 0.05) is 13.1 Å². The minimum Gasteiger partial charge on any atom is -0.484 e. The number of nitrogens with zero attached hydrogens (tertiary/aromatic N) is 1. The second-order valence-corrected chi connectivity index (χ2v) is 4.80. The summed E-state index contributed by atoms with van der Waals surface area (Å²) in [6.45, 7) is 1.09. The summed E-state index contributed by atoms with van der Waals surface area (Å²) in [5.74, 6) is 0.116. The number of carbonyl (C=O) groups excluding carboxylic acids is 2. The van der Waals surface area contributed by atoms with Gasteiger partial charge >= 0.3 is 5.97 Å². The van der Waals surface area contributed by atoms with Crippen molar-refractivity contribution in [2.45, 2.75) is 12.8 Å². The van der Waals surface area contributed by atoms with Crippen LogP contribution in [-0.4, -0.2) is 43.6 Å². The molecule has 5 nitrogen and oxygen atoms in total. The molecule has 108 valence electrons. The first kappa shape index (κ1) is 14.4. The highest BCUT2D eigenvalue weighted by atomic mass is 16.5. The predicted molar refractivity (Wildman–Crippen MR) is 73.3 cm³/mol. The molecule has 0 bridgehead atoms. The quantitative estimate of drug-likeness (QED) is 0.782. The van der Waals surface area contributed by atoms with Crippen LogP contribution in [0.25, 0.3) is 0 Å². The van der Waals surface area contributed by atoms with Gasteiger partial charge in [0.1, 0.15) is 5.75 Å². The molecule has 1 unspecified atom stereocenters. The number of likely N-dealkylation sites (tertiary alicyclic amines) is 1. The number of piperidine rings is 1. The number of rotatable bonds is 4. The van der Waals surface area contributed by atoms with E-state index >= 15 is 0 Å². The van der Waals surface area contributed by atoms with Crippen molar-refractivity contribution in [2.24, 2.45) is 5.92 Å². The van der Waals surface area contributed by atoms with Crippen molar-refractivity contribution in [1.82, 2.24) is 4.90 Å². The number of amides is 1. The van der Waals surface area contributed by atoms with Gasteiger partial charge in [-0.3, -0.25) is 9.59 Å². The molecule has 0 aromatic heterocycles. The topological polar surface area (TPSA) is 55.8 Å². The zero-order valence-electron chi connectivity index (χ0n) is 11.6. The van der Waals surface area contributed by atoms with E-state index in [0.29, 0.717) is 18.8 Å². The van der Waals surface area contributed by atoms with E-state index in [1.165, 1.54) is 7.11 Å². The lowest BCUT2D eigenvalue weighted by atomic mass is 9.98. The van der Waals surface area contributed by atoms with E-state index in [1.54, 1.807) is 17.0 Å². The van der Waals surface area contributed by atoms with Crippen molar-refractivity contribution in [3.8, 4) is 5.75 Å². The van der Waals surface area contributed by atoms with Crippen molar-refractivity contribution in [1.29, 1.82) is 0 Å². The molecule has 5 heteroatoms. The minimum absolute atomic E-state index is 0.00208. The summed E-state index contributed by atoms with van der Waals surface area (Å²) in [5, 5.41) is 0. The largest absolute Gasteiger partial charge is 0.484 e. The summed E-state index contributed by atoms with van der Waals surface area (Å²) in [4.78, 5) is 25.3. The first-order valence-electron chi connectivity index (χ1n) is 6.74. The molecule has 1 aromatic carbocycles. The Morgan fingerprint density at radius 3 is 2.75 bits per heavy atom. The maximum Gasteiger partial charge on any atom is 0.310 e. The molecule has 0 spiro atoms. The van der Waals surface area contributed by atoms with Gasteiger partial charge in [0.15, 0.2) is 6.61 Å². The summed E-state index contributed by atoms with van der Waals surface area (Å²) in [6.07, 6.45) is 1.59. The van der Waals surface area contributed by atoms with Crippen LogP contribution in [0, 0.1) is 5.92 Å². The molecule has 0 radical (unpaired) electrons. The van der Waals surface area contributed by atoms with Crippen LogP contribution >= 0.6 is 0 Å². The highest BCUT2D eigenvalue weighted by molar-refractivity contribution is 5.79. The molecule has 1 heterocycles. The maximum atomic E-state index is 12.1. The lowest BCUT2D eigenvalue weighted by Gasteiger charge is -2.31. The second-order valence-electron chi connectivity index (χ2n) is 4.80.